The molecule has 1 aromatic carbocycles. The number of ether oxygens (including phenoxy) is 1. The van der Waals surface area contributed by atoms with E-state index in [0.29, 0.717) is 10.5 Å². The number of benzene rings is 1. The van der Waals surface area contributed by atoms with Gasteiger partial charge in [-0.25, -0.2) is 4.79 Å². The minimum atomic E-state index is -1.41. The van der Waals surface area contributed by atoms with Crippen LogP contribution in [0.3, 0.4) is 0 Å². The second-order valence-electron chi connectivity index (χ2n) is 4.76. The van der Waals surface area contributed by atoms with Crippen molar-refractivity contribution in [2.45, 2.75) is 24.5 Å². The minimum absolute atomic E-state index is 0.364. The van der Waals surface area contributed by atoms with E-state index in [1.165, 1.54) is 7.11 Å². The summed E-state index contributed by atoms with van der Waals surface area (Å²) >= 11 is 4.26. The van der Waals surface area contributed by atoms with Crippen LogP contribution < -0.4 is 0 Å². The predicted molar refractivity (Wildman–Crippen MR) is 75.3 cm³/mol. The first kappa shape index (κ1) is 13.9. The topological polar surface area (TPSA) is 26.3 Å². The first-order valence-corrected chi connectivity index (χ1v) is 9.22. The lowest BCUT2D eigenvalue weighted by Gasteiger charge is -2.04. The van der Waals surface area contributed by atoms with Crippen LogP contribution in [-0.4, -0.2) is 21.2 Å². The van der Waals surface area contributed by atoms with Crippen LogP contribution in [0.15, 0.2) is 23.1 Å². The van der Waals surface area contributed by atoms with Gasteiger partial charge in [-0.15, -0.1) is 18.2 Å². The van der Waals surface area contributed by atoms with Crippen LogP contribution in [-0.2, 0) is 4.74 Å². The molecule has 0 N–H and O–H groups in total. The highest BCUT2D eigenvalue weighted by molar-refractivity contribution is 7.80. The highest BCUT2D eigenvalue weighted by Gasteiger charge is 2.09. The van der Waals surface area contributed by atoms with Gasteiger partial charge in [-0.2, -0.15) is 0 Å². The molecule has 0 atom stereocenters. The summed E-state index contributed by atoms with van der Waals surface area (Å²) in [6, 6.07) is 5.26. The molecule has 0 saturated heterocycles. The standard InChI is InChI=1S/C13H16O2SSi/c1-15-13(14)11-7-10(8-12(16)9-11)5-6-17(2,3)4/h7-9,16H,1-4H3. The molecule has 1 aromatic rings. The lowest BCUT2D eigenvalue weighted by atomic mass is 10.1. The van der Waals surface area contributed by atoms with Gasteiger partial charge in [-0.05, 0) is 18.2 Å². The summed E-state index contributed by atoms with van der Waals surface area (Å²) in [7, 11) is -0.0505. The van der Waals surface area contributed by atoms with E-state index >= 15 is 0 Å². The number of esters is 1. The van der Waals surface area contributed by atoms with Crippen molar-refractivity contribution in [1.29, 1.82) is 0 Å². The van der Waals surface area contributed by atoms with Crippen molar-refractivity contribution in [3.8, 4) is 11.5 Å². The van der Waals surface area contributed by atoms with E-state index in [0.717, 1.165) is 5.56 Å². The van der Waals surface area contributed by atoms with E-state index < -0.39 is 8.07 Å². The smallest absolute Gasteiger partial charge is 0.337 e. The zero-order chi connectivity index (χ0) is 13.1. The lowest BCUT2D eigenvalue weighted by molar-refractivity contribution is 0.0600. The third kappa shape index (κ3) is 4.68. The average Bonchev–Trinajstić information content (AvgIpc) is 2.23. The number of methoxy groups -OCH3 is 1. The molecule has 0 heterocycles. The van der Waals surface area contributed by atoms with E-state index in [1.807, 2.05) is 6.07 Å². The summed E-state index contributed by atoms with van der Waals surface area (Å²) in [6.07, 6.45) is 0. The van der Waals surface area contributed by atoms with Crippen LogP contribution in [0, 0.1) is 11.5 Å². The Morgan fingerprint density at radius 1 is 1.29 bits per heavy atom. The van der Waals surface area contributed by atoms with Crippen molar-refractivity contribution in [3.63, 3.8) is 0 Å². The van der Waals surface area contributed by atoms with Crippen LogP contribution in [0.4, 0.5) is 0 Å². The molecule has 4 heteroatoms. The monoisotopic (exact) mass is 264 g/mol. The molecule has 0 amide bonds. The maximum atomic E-state index is 11.4. The van der Waals surface area contributed by atoms with Gasteiger partial charge in [0.05, 0.1) is 12.7 Å². The van der Waals surface area contributed by atoms with Crippen LogP contribution in [0.5, 0.6) is 0 Å². The Balaban J connectivity index is 3.13. The molecular formula is C13H16O2SSi. The minimum Gasteiger partial charge on any atom is -0.465 e. The number of thiol groups is 1. The van der Waals surface area contributed by atoms with Gasteiger partial charge in [-0.1, -0.05) is 25.6 Å². The number of carbonyl (C=O) groups excluding carboxylic acids is 1. The summed E-state index contributed by atoms with van der Waals surface area (Å²) in [6.45, 7) is 6.52. The second-order valence-corrected chi connectivity index (χ2v) is 10.0. The van der Waals surface area contributed by atoms with E-state index in [4.69, 9.17) is 0 Å². The third-order valence-corrected chi connectivity index (χ3v) is 3.05. The molecule has 0 aromatic heterocycles. The zero-order valence-corrected chi connectivity index (χ0v) is 12.4. The summed E-state index contributed by atoms with van der Waals surface area (Å²) < 4.78 is 4.68. The highest BCUT2D eigenvalue weighted by Crippen LogP contribution is 2.14. The van der Waals surface area contributed by atoms with Gasteiger partial charge in [0.15, 0.2) is 0 Å². The van der Waals surface area contributed by atoms with Crippen molar-refractivity contribution < 1.29 is 9.53 Å². The molecule has 17 heavy (non-hydrogen) atoms. The Labute approximate surface area is 109 Å². The summed E-state index contributed by atoms with van der Waals surface area (Å²) in [5.41, 5.74) is 4.54. The Hall–Kier alpha value is -1.18. The normalized spacial score (nSPS) is 10.4. The van der Waals surface area contributed by atoms with Gasteiger partial charge in [0, 0.05) is 10.5 Å². The fourth-order valence-electron chi connectivity index (χ4n) is 1.18. The maximum Gasteiger partial charge on any atom is 0.337 e. The highest BCUT2D eigenvalue weighted by atomic mass is 32.1. The van der Waals surface area contributed by atoms with Gasteiger partial charge in [-0.3, -0.25) is 0 Å². The Morgan fingerprint density at radius 2 is 1.94 bits per heavy atom. The first-order valence-electron chi connectivity index (χ1n) is 5.27. The molecule has 0 bridgehead atoms. The molecule has 0 aliphatic rings. The summed E-state index contributed by atoms with van der Waals surface area (Å²) in [4.78, 5) is 12.1. The molecule has 1 rings (SSSR count). The van der Waals surface area contributed by atoms with Crippen LogP contribution in [0.25, 0.3) is 0 Å². The van der Waals surface area contributed by atoms with Crippen molar-refractivity contribution >= 4 is 26.7 Å². The van der Waals surface area contributed by atoms with Crippen molar-refractivity contribution in [3.05, 3.63) is 29.3 Å². The summed E-state index contributed by atoms with van der Waals surface area (Å²) in [5, 5.41) is 0. The van der Waals surface area contributed by atoms with Crippen molar-refractivity contribution in [2.75, 3.05) is 7.11 Å². The van der Waals surface area contributed by atoms with Gasteiger partial charge < -0.3 is 4.74 Å². The first-order chi connectivity index (χ1) is 7.81. The molecule has 0 fully saturated rings. The molecule has 0 aliphatic carbocycles. The SMILES string of the molecule is COC(=O)c1cc(S)cc(C#C[Si](C)(C)C)c1. The molecule has 0 radical (unpaired) electrons. The molecule has 2 nitrogen and oxygen atoms in total. The predicted octanol–water partition coefficient (Wildman–Crippen LogP) is 2.99. The lowest BCUT2D eigenvalue weighted by Crippen LogP contribution is -2.16. The van der Waals surface area contributed by atoms with Gasteiger partial charge in [0.2, 0.25) is 0 Å². The average molecular weight is 264 g/mol. The molecule has 0 aliphatic heterocycles. The maximum absolute atomic E-state index is 11.4. The largest absolute Gasteiger partial charge is 0.465 e. The van der Waals surface area contributed by atoms with E-state index in [9.17, 15) is 4.79 Å². The van der Waals surface area contributed by atoms with E-state index in [-0.39, 0.29) is 5.97 Å². The number of carbonyl (C=O) groups is 1. The molecule has 0 spiro atoms. The van der Waals surface area contributed by atoms with Crippen molar-refractivity contribution in [2.24, 2.45) is 0 Å². The van der Waals surface area contributed by atoms with Crippen LogP contribution in [0.2, 0.25) is 19.6 Å². The molecular weight excluding hydrogens is 248 g/mol. The van der Waals surface area contributed by atoms with Gasteiger partial charge in [0.1, 0.15) is 8.07 Å². The molecule has 0 unspecified atom stereocenters. The summed E-state index contributed by atoms with van der Waals surface area (Å²) in [5.74, 6) is 2.74. The number of hydrogen-bond donors (Lipinski definition) is 1. The van der Waals surface area contributed by atoms with Crippen LogP contribution in [0.1, 0.15) is 15.9 Å². The number of hydrogen-bond acceptors (Lipinski definition) is 3. The van der Waals surface area contributed by atoms with E-state index in [2.05, 4.69) is 48.5 Å². The zero-order valence-electron chi connectivity index (χ0n) is 10.5. The third-order valence-electron chi connectivity index (χ3n) is 1.92. The fourth-order valence-corrected chi connectivity index (χ4v) is 1.98. The van der Waals surface area contributed by atoms with E-state index in [1.54, 1.807) is 12.1 Å². The van der Waals surface area contributed by atoms with Gasteiger partial charge in [0.25, 0.3) is 0 Å². The quantitative estimate of drug-likeness (QED) is 0.365. The van der Waals surface area contributed by atoms with Gasteiger partial charge >= 0.3 is 5.97 Å². The Morgan fingerprint density at radius 3 is 2.47 bits per heavy atom. The molecule has 0 saturated carbocycles. The van der Waals surface area contributed by atoms with Crippen molar-refractivity contribution in [1.82, 2.24) is 0 Å². The number of rotatable bonds is 1. The fraction of sp³-hybridized carbons (Fsp3) is 0.308. The Bertz CT molecular complexity index is 492. The molecule has 90 valence electrons. The second kappa shape index (κ2) is 5.43. The van der Waals surface area contributed by atoms with Crippen LogP contribution >= 0.6 is 12.6 Å². The Kier molecular flexibility index (Phi) is 4.44.